The molecule has 1 aliphatic heterocycles. The summed E-state index contributed by atoms with van der Waals surface area (Å²) in [6, 6.07) is 11.2. The number of aliphatic imine (C=N–C) groups is 1. The SMILES string of the molecule is CCNC(=NCc1ccc(-n2ccnc2)c(F)c1)N1CCN(c2ccccn2)CC1. The molecule has 0 amide bonds. The molecule has 0 bridgehead atoms. The minimum absolute atomic E-state index is 0.283. The van der Waals surface area contributed by atoms with Crippen LogP contribution in [0.5, 0.6) is 0 Å². The molecule has 4 rings (SSSR count). The normalized spacial score (nSPS) is 14.8. The van der Waals surface area contributed by atoms with Crippen molar-refractivity contribution in [3.8, 4) is 5.69 Å². The number of rotatable bonds is 5. The van der Waals surface area contributed by atoms with Gasteiger partial charge in [-0.2, -0.15) is 0 Å². The molecule has 1 aromatic carbocycles. The highest BCUT2D eigenvalue weighted by Crippen LogP contribution is 2.16. The third-order valence-corrected chi connectivity index (χ3v) is 5.09. The molecule has 8 heteroatoms. The summed E-state index contributed by atoms with van der Waals surface area (Å²) in [5, 5.41) is 3.36. The summed E-state index contributed by atoms with van der Waals surface area (Å²) in [5.41, 5.74) is 1.32. The number of anilines is 1. The highest BCUT2D eigenvalue weighted by Gasteiger charge is 2.20. The number of hydrogen-bond acceptors (Lipinski definition) is 4. The Morgan fingerprint density at radius 3 is 2.67 bits per heavy atom. The first-order valence-electron chi connectivity index (χ1n) is 10.2. The molecule has 2 aromatic heterocycles. The Hall–Kier alpha value is -3.42. The molecule has 0 aliphatic carbocycles. The van der Waals surface area contributed by atoms with Crippen LogP contribution in [0.15, 0.2) is 66.3 Å². The zero-order valence-electron chi connectivity index (χ0n) is 17.1. The summed E-state index contributed by atoms with van der Waals surface area (Å²) in [5.74, 6) is 1.58. The lowest BCUT2D eigenvalue weighted by Gasteiger charge is -2.37. The average Bonchev–Trinajstić information content (AvgIpc) is 3.32. The van der Waals surface area contributed by atoms with E-state index in [1.165, 1.54) is 0 Å². The molecule has 0 radical (unpaired) electrons. The van der Waals surface area contributed by atoms with Gasteiger partial charge in [-0.3, -0.25) is 0 Å². The number of nitrogens with one attached hydrogen (secondary N) is 1. The van der Waals surface area contributed by atoms with E-state index in [9.17, 15) is 4.39 Å². The quantitative estimate of drug-likeness (QED) is 0.521. The molecule has 0 atom stereocenters. The van der Waals surface area contributed by atoms with Crippen molar-refractivity contribution >= 4 is 11.8 Å². The topological polar surface area (TPSA) is 61.6 Å². The number of piperazine rings is 1. The smallest absolute Gasteiger partial charge is 0.194 e. The Kier molecular flexibility index (Phi) is 6.22. The number of halogens is 1. The number of benzene rings is 1. The van der Waals surface area contributed by atoms with Crippen molar-refractivity contribution in [3.63, 3.8) is 0 Å². The Balaban J connectivity index is 1.41. The van der Waals surface area contributed by atoms with Gasteiger partial charge in [0.25, 0.3) is 0 Å². The summed E-state index contributed by atoms with van der Waals surface area (Å²) in [7, 11) is 0. The number of imidazole rings is 1. The molecule has 30 heavy (non-hydrogen) atoms. The Morgan fingerprint density at radius 1 is 1.13 bits per heavy atom. The molecule has 0 unspecified atom stereocenters. The largest absolute Gasteiger partial charge is 0.357 e. The van der Waals surface area contributed by atoms with Crippen LogP contribution in [0.1, 0.15) is 12.5 Å². The van der Waals surface area contributed by atoms with Crippen LogP contribution in [-0.2, 0) is 6.54 Å². The van der Waals surface area contributed by atoms with Crippen molar-refractivity contribution < 1.29 is 4.39 Å². The molecular formula is C22H26FN7. The highest BCUT2D eigenvalue weighted by atomic mass is 19.1. The molecule has 0 spiro atoms. The van der Waals surface area contributed by atoms with Crippen molar-refractivity contribution in [1.29, 1.82) is 0 Å². The molecule has 3 heterocycles. The number of guanidine groups is 1. The van der Waals surface area contributed by atoms with E-state index in [1.807, 2.05) is 30.5 Å². The van der Waals surface area contributed by atoms with E-state index in [1.54, 1.807) is 35.4 Å². The van der Waals surface area contributed by atoms with Crippen LogP contribution < -0.4 is 10.2 Å². The third-order valence-electron chi connectivity index (χ3n) is 5.09. The second kappa shape index (κ2) is 9.39. The van der Waals surface area contributed by atoms with Gasteiger partial charge in [0.05, 0.1) is 18.6 Å². The van der Waals surface area contributed by atoms with Crippen LogP contribution in [0.3, 0.4) is 0 Å². The summed E-state index contributed by atoms with van der Waals surface area (Å²) in [6.45, 7) is 6.74. The van der Waals surface area contributed by atoms with Gasteiger partial charge in [-0.15, -0.1) is 0 Å². The monoisotopic (exact) mass is 407 g/mol. The van der Waals surface area contributed by atoms with Gasteiger partial charge in [-0.05, 0) is 36.8 Å². The van der Waals surface area contributed by atoms with E-state index >= 15 is 0 Å². The van der Waals surface area contributed by atoms with Crippen molar-refractivity contribution in [3.05, 3.63) is 72.7 Å². The first kappa shape index (κ1) is 19.9. The van der Waals surface area contributed by atoms with E-state index in [4.69, 9.17) is 4.99 Å². The van der Waals surface area contributed by atoms with E-state index in [-0.39, 0.29) is 5.82 Å². The van der Waals surface area contributed by atoms with Gasteiger partial charge in [-0.25, -0.2) is 19.4 Å². The maximum absolute atomic E-state index is 14.5. The van der Waals surface area contributed by atoms with Gasteiger partial charge in [0.1, 0.15) is 11.6 Å². The van der Waals surface area contributed by atoms with Crippen LogP contribution in [0.25, 0.3) is 5.69 Å². The second-order valence-corrected chi connectivity index (χ2v) is 7.09. The molecular weight excluding hydrogens is 381 g/mol. The van der Waals surface area contributed by atoms with Crippen molar-refractivity contribution in [1.82, 2.24) is 24.8 Å². The molecule has 1 fully saturated rings. The van der Waals surface area contributed by atoms with Crippen LogP contribution in [-0.4, -0.2) is 58.1 Å². The van der Waals surface area contributed by atoms with E-state index < -0.39 is 0 Å². The van der Waals surface area contributed by atoms with E-state index in [0.29, 0.717) is 12.2 Å². The molecule has 1 aliphatic rings. The number of nitrogens with zero attached hydrogens (tertiary/aromatic N) is 6. The highest BCUT2D eigenvalue weighted by molar-refractivity contribution is 5.80. The minimum Gasteiger partial charge on any atom is -0.357 e. The van der Waals surface area contributed by atoms with Crippen LogP contribution in [0.2, 0.25) is 0 Å². The van der Waals surface area contributed by atoms with Gasteiger partial charge in [-0.1, -0.05) is 12.1 Å². The fourth-order valence-electron chi connectivity index (χ4n) is 3.54. The second-order valence-electron chi connectivity index (χ2n) is 7.09. The molecule has 1 N–H and O–H groups in total. The summed E-state index contributed by atoms with van der Waals surface area (Å²) in [4.78, 5) is 17.7. The predicted molar refractivity (Wildman–Crippen MR) is 116 cm³/mol. The molecule has 1 saturated heterocycles. The van der Waals surface area contributed by atoms with Crippen molar-refractivity contribution in [2.45, 2.75) is 13.5 Å². The van der Waals surface area contributed by atoms with Gasteiger partial charge in [0, 0.05) is 51.3 Å². The minimum atomic E-state index is -0.283. The Morgan fingerprint density at radius 2 is 2.00 bits per heavy atom. The maximum atomic E-state index is 14.5. The van der Waals surface area contributed by atoms with E-state index in [2.05, 4.69) is 32.0 Å². The average molecular weight is 407 g/mol. The number of hydrogen-bond donors (Lipinski definition) is 1. The van der Waals surface area contributed by atoms with Crippen molar-refractivity contribution in [2.24, 2.45) is 4.99 Å². The zero-order valence-corrected chi connectivity index (χ0v) is 17.1. The first-order valence-corrected chi connectivity index (χ1v) is 10.2. The fraction of sp³-hybridized carbons (Fsp3) is 0.318. The fourth-order valence-corrected chi connectivity index (χ4v) is 3.54. The molecule has 156 valence electrons. The van der Waals surface area contributed by atoms with Gasteiger partial charge in [0.15, 0.2) is 5.96 Å². The zero-order chi connectivity index (χ0) is 20.8. The van der Waals surface area contributed by atoms with Gasteiger partial charge < -0.3 is 19.7 Å². The predicted octanol–water partition coefficient (Wildman–Crippen LogP) is 2.69. The molecule has 3 aromatic rings. The molecule has 0 saturated carbocycles. The van der Waals surface area contributed by atoms with Gasteiger partial charge in [0.2, 0.25) is 0 Å². The lowest BCUT2D eigenvalue weighted by molar-refractivity contribution is 0.371. The maximum Gasteiger partial charge on any atom is 0.194 e. The summed E-state index contributed by atoms with van der Waals surface area (Å²) >= 11 is 0. The first-order chi connectivity index (χ1) is 14.7. The van der Waals surface area contributed by atoms with E-state index in [0.717, 1.165) is 50.1 Å². The third kappa shape index (κ3) is 4.59. The Bertz CT molecular complexity index is 964. The number of pyridine rings is 1. The Labute approximate surface area is 175 Å². The molecule has 7 nitrogen and oxygen atoms in total. The number of aromatic nitrogens is 3. The summed E-state index contributed by atoms with van der Waals surface area (Å²) in [6.07, 6.45) is 6.77. The van der Waals surface area contributed by atoms with Crippen LogP contribution in [0, 0.1) is 5.82 Å². The lowest BCUT2D eigenvalue weighted by atomic mass is 10.2. The van der Waals surface area contributed by atoms with Gasteiger partial charge >= 0.3 is 0 Å². The van der Waals surface area contributed by atoms with Crippen LogP contribution in [0.4, 0.5) is 10.2 Å². The lowest BCUT2D eigenvalue weighted by Crippen LogP contribution is -2.52. The summed E-state index contributed by atoms with van der Waals surface area (Å²) < 4.78 is 16.2. The standard InChI is InChI=1S/C22H26FN7/c1-2-25-22(29-13-11-28(12-14-29)21-5-3-4-8-26-21)27-16-18-6-7-20(19(23)15-18)30-10-9-24-17-30/h3-10,15,17H,2,11-14,16H2,1H3,(H,25,27). The van der Waals surface area contributed by atoms with Crippen LogP contribution >= 0.6 is 0 Å². The van der Waals surface area contributed by atoms with Crippen molar-refractivity contribution in [2.75, 3.05) is 37.6 Å².